The van der Waals surface area contributed by atoms with Gasteiger partial charge >= 0.3 is 77.8 Å². The Hall–Kier alpha value is 0.314. The summed E-state index contributed by atoms with van der Waals surface area (Å²) in [5.74, 6) is -1.72. The standard InChI is InChI=1S/C5H14N3O.H2O.O.Ti/c1-3(2)4(6)5(7,8)9;;;/h3-4H,6-8H2,1-2H3;1H2;;/q-1;;;+2/p-1. The fraction of sp³-hybridized carbons (Fsp3) is 1.00. The summed E-state index contributed by atoms with van der Waals surface area (Å²) in [4.78, 5) is 0. The van der Waals surface area contributed by atoms with Crippen LogP contribution in [0, 0.1) is 5.92 Å². The second-order valence-electron chi connectivity index (χ2n) is 2.99. The average Bonchev–Trinajstić information content (AvgIpc) is 1.82. The maximum absolute atomic E-state index is 10.4. The molecule has 0 saturated heterocycles. The first-order valence-electron chi connectivity index (χ1n) is 3.52. The molecular weight excluding hydrogens is 198 g/mol. The Morgan fingerprint density at radius 2 is 1.92 bits per heavy atom. The van der Waals surface area contributed by atoms with E-state index in [1.807, 2.05) is 0 Å². The van der Waals surface area contributed by atoms with E-state index in [9.17, 15) is 3.32 Å². The van der Waals surface area contributed by atoms with E-state index in [0.29, 0.717) is 0 Å². The van der Waals surface area contributed by atoms with Crippen LogP contribution in [0.25, 0.3) is 0 Å². The summed E-state index contributed by atoms with van der Waals surface area (Å²) in [5.41, 5.74) is 16.3. The zero-order valence-electron chi connectivity index (χ0n) is 7.15. The number of hydrogen-bond donors (Lipinski definition) is 4. The van der Waals surface area contributed by atoms with E-state index in [0.717, 1.165) is 0 Å². The molecule has 0 bridgehead atoms. The third-order valence-corrected chi connectivity index (χ3v) is 2.33. The predicted molar refractivity (Wildman–Crippen MR) is 37.9 cm³/mol. The molecule has 7 N–H and O–H groups in total. The summed E-state index contributed by atoms with van der Waals surface area (Å²) in [7, 11) is 0. The third-order valence-electron chi connectivity index (χ3n) is 1.50. The van der Waals surface area contributed by atoms with Crippen LogP contribution in [0.1, 0.15) is 13.8 Å². The number of nitrogens with two attached hydrogens (primary N) is 3. The van der Waals surface area contributed by atoms with Crippen molar-refractivity contribution in [2.45, 2.75) is 25.7 Å². The van der Waals surface area contributed by atoms with E-state index < -0.39 is 30.5 Å². The van der Waals surface area contributed by atoms with Gasteiger partial charge in [0.2, 0.25) is 0 Å². The van der Waals surface area contributed by atoms with Crippen LogP contribution >= 0.6 is 0 Å². The predicted octanol–water partition coefficient (Wildman–Crippen LogP) is -1.66. The molecule has 0 rings (SSSR count). The molecule has 0 aromatic carbocycles. The van der Waals surface area contributed by atoms with Crippen molar-refractivity contribution in [2.24, 2.45) is 23.1 Å². The molecule has 0 aromatic heterocycles. The van der Waals surface area contributed by atoms with E-state index in [4.69, 9.17) is 20.9 Å². The average molecular weight is 213 g/mol. The first-order chi connectivity index (χ1) is 5.27. The molecule has 0 heterocycles. The van der Waals surface area contributed by atoms with Crippen LogP contribution in [0.5, 0.6) is 0 Å². The van der Waals surface area contributed by atoms with Crippen molar-refractivity contribution in [3.05, 3.63) is 0 Å². The quantitative estimate of drug-likeness (QED) is 0.327. The molecule has 0 radical (unpaired) electrons. The maximum atomic E-state index is 10.4. The van der Waals surface area contributed by atoms with Gasteiger partial charge in [0.1, 0.15) is 0 Å². The molecule has 1 unspecified atom stereocenters. The zero-order chi connectivity index (χ0) is 9.94. The Labute approximate surface area is 78.2 Å². The second kappa shape index (κ2) is 4.52. The molecule has 0 amide bonds. The van der Waals surface area contributed by atoms with Crippen molar-refractivity contribution < 1.29 is 28.9 Å². The molecular formula is C5H15N3O3Ti. The molecule has 0 spiro atoms. The van der Waals surface area contributed by atoms with E-state index in [2.05, 4.69) is 3.32 Å². The monoisotopic (exact) mass is 213 g/mol. The molecule has 0 aromatic rings. The van der Waals surface area contributed by atoms with Gasteiger partial charge in [0, 0.05) is 0 Å². The van der Waals surface area contributed by atoms with Gasteiger partial charge in [-0.2, -0.15) is 0 Å². The van der Waals surface area contributed by atoms with Crippen molar-refractivity contribution >= 4 is 0 Å². The van der Waals surface area contributed by atoms with E-state index >= 15 is 0 Å². The topological polar surface area (TPSA) is 125 Å². The molecule has 6 nitrogen and oxygen atoms in total. The molecule has 1 atom stereocenters. The van der Waals surface area contributed by atoms with Crippen molar-refractivity contribution in [1.82, 2.24) is 0 Å². The molecule has 12 heavy (non-hydrogen) atoms. The van der Waals surface area contributed by atoms with Gasteiger partial charge in [0.05, 0.1) is 0 Å². The van der Waals surface area contributed by atoms with Crippen LogP contribution < -0.4 is 17.2 Å². The van der Waals surface area contributed by atoms with Crippen LogP contribution in [0.4, 0.5) is 0 Å². The second-order valence-corrected chi connectivity index (χ2v) is 4.14. The summed E-state index contributed by atoms with van der Waals surface area (Å²) < 4.78 is 23.3. The Balaban J connectivity index is 4.28. The molecule has 7 heteroatoms. The fourth-order valence-corrected chi connectivity index (χ4v) is 1.43. The van der Waals surface area contributed by atoms with Gasteiger partial charge in [-0.05, 0) is 0 Å². The van der Waals surface area contributed by atoms with Crippen molar-refractivity contribution in [1.29, 1.82) is 0 Å². The van der Waals surface area contributed by atoms with Crippen molar-refractivity contribution in [2.75, 3.05) is 0 Å². The summed E-state index contributed by atoms with van der Waals surface area (Å²) in [6, 6.07) is -0.666. The Morgan fingerprint density at radius 1 is 1.50 bits per heavy atom. The van der Waals surface area contributed by atoms with Crippen molar-refractivity contribution in [3.63, 3.8) is 0 Å². The van der Waals surface area contributed by atoms with Gasteiger partial charge in [-0.15, -0.1) is 0 Å². The van der Waals surface area contributed by atoms with E-state index in [1.54, 1.807) is 13.8 Å². The first-order valence-corrected chi connectivity index (χ1v) is 5.50. The number of hydrogen-bond acceptors (Lipinski definition) is 5. The van der Waals surface area contributed by atoms with Crippen LogP contribution in [0.3, 0.4) is 0 Å². The molecule has 0 saturated carbocycles. The Bertz CT molecular complexity index is 173. The molecule has 0 aliphatic heterocycles. The molecule has 0 aliphatic rings. The number of rotatable bonds is 4. The zero-order valence-corrected chi connectivity index (χ0v) is 8.71. The van der Waals surface area contributed by atoms with Gasteiger partial charge in [0.15, 0.2) is 0 Å². The van der Waals surface area contributed by atoms with Gasteiger partial charge in [-0.25, -0.2) is 0 Å². The fourth-order valence-electron chi connectivity index (χ4n) is 0.740. The van der Waals surface area contributed by atoms with E-state index in [-0.39, 0.29) is 5.92 Å². The Morgan fingerprint density at radius 3 is 2.17 bits per heavy atom. The summed E-state index contributed by atoms with van der Waals surface area (Å²) >= 11 is -3.72. The first kappa shape index (κ1) is 12.3. The van der Waals surface area contributed by atoms with Crippen LogP contribution in [-0.4, -0.2) is 15.6 Å². The van der Waals surface area contributed by atoms with Gasteiger partial charge < -0.3 is 0 Å². The minimum absolute atomic E-state index is 0.0162. The van der Waals surface area contributed by atoms with Crippen molar-refractivity contribution in [3.8, 4) is 0 Å². The minimum atomic E-state index is -3.72. The van der Waals surface area contributed by atoms with Gasteiger partial charge in [0.25, 0.3) is 0 Å². The van der Waals surface area contributed by atoms with Crippen LogP contribution in [-0.2, 0) is 25.3 Å². The summed E-state index contributed by atoms with van der Waals surface area (Å²) in [5, 5.41) is 0. The molecule has 0 fully saturated rings. The third kappa shape index (κ3) is 3.82. The summed E-state index contributed by atoms with van der Waals surface area (Å²) in [6.45, 7) is 3.59. The SMILES string of the molecule is CC(C)C(N)C(N)(N)[O][Ti](=[O])[OH]. The van der Waals surface area contributed by atoms with Crippen LogP contribution in [0.2, 0.25) is 0 Å². The summed E-state index contributed by atoms with van der Waals surface area (Å²) in [6.07, 6.45) is 0. The molecule has 72 valence electrons. The Kier molecular flexibility index (Phi) is 4.64. The van der Waals surface area contributed by atoms with Gasteiger partial charge in [-0.3, -0.25) is 0 Å². The van der Waals surface area contributed by atoms with Gasteiger partial charge in [-0.1, -0.05) is 0 Å². The molecule has 0 aliphatic carbocycles. The van der Waals surface area contributed by atoms with Crippen LogP contribution in [0.15, 0.2) is 0 Å². The van der Waals surface area contributed by atoms with E-state index in [1.165, 1.54) is 0 Å². The normalized spacial score (nSPS) is 14.9.